The summed E-state index contributed by atoms with van der Waals surface area (Å²) < 4.78 is 15.8. The predicted octanol–water partition coefficient (Wildman–Crippen LogP) is 5.52. The van der Waals surface area contributed by atoms with Gasteiger partial charge < -0.3 is 19.5 Å². The third-order valence-electron chi connectivity index (χ3n) is 4.55. The van der Waals surface area contributed by atoms with Gasteiger partial charge in [-0.15, -0.1) is 11.3 Å². The van der Waals surface area contributed by atoms with Gasteiger partial charge in [0.05, 0.1) is 26.5 Å². The lowest BCUT2D eigenvalue weighted by atomic mass is 10.1. The average Bonchev–Trinajstić information content (AvgIpc) is 3.28. The van der Waals surface area contributed by atoms with Crippen molar-refractivity contribution in [1.29, 1.82) is 0 Å². The molecule has 0 bridgehead atoms. The standard InChI is InChI=1S/C23H26N2O4S/c1-4-5-12-29-23(26)24-14-16-6-8-17(9-7-16)22-25-19(15-30-22)18-10-11-20(27-2)21(13-18)28-3/h6-11,13,15H,4-5,12,14H2,1-3H3,(H,24,26). The molecule has 158 valence electrons. The second-order valence-corrected chi connectivity index (χ2v) is 7.51. The topological polar surface area (TPSA) is 69.7 Å². The van der Waals surface area contributed by atoms with Crippen LogP contribution in [0.5, 0.6) is 11.5 Å². The number of hydrogen-bond acceptors (Lipinski definition) is 6. The summed E-state index contributed by atoms with van der Waals surface area (Å²) in [6.45, 7) is 2.94. The van der Waals surface area contributed by atoms with Crippen molar-refractivity contribution in [3.8, 4) is 33.3 Å². The number of amides is 1. The van der Waals surface area contributed by atoms with Gasteiger partial charge in [-0.2, -0.15) is 0 Å². The summed E-state index contributed by atoms with van der Waals surface area (Å²) in [5, 5.41) is 5.72. The van der Waals surface area contributed by atoms with Crippen molar-refractivity contribution in [2.75, 3.05) is 20.8 Å². The summed E-state index contributed by atoms with van der Waals surface area (Å²) in [5.41, 5.74) is 3.89. The third kappa shape index (κ3) is 5.51. The molecule has 0 saturated heterocycles. The molecule has 0 unspecified atom stereocenters. The molecule has 0 spiro atoms. The number of aromatic nitrogens is 1. The highest BCUT2D eigenvalue weighted by Gasteiger charge is 2.11. The Balaban J connectivity index is 1.64. The monoisotopic (exact) mass is 426 g/mol. The number of nitrogens with one attached hydrogen (secondary N) is 1. The third-order valence-corrected chi connectivity index (χ3v) is 5.44. The van der Waals surface area contributed by atoms with E-state index in [1.165, 1.54) is 0 Å². The van der Waals surface area contributed by atoms with E-state index in [4.69, 9.17) is 19.2 Å². The van der Waals surface area contributed by atoms with Crippen LogP contribution in [0, 0.1) is 0 Å². The minimum absolute atomic E-state index is 0.382. The van der Waals surface area contributed by atoms with Gasteiger partial charge in [0.15, 0.2) is 11.5 Å². The number of unbranched alkanes of at least 4 members (excludes halogenated alkanes) is 1. The minimum atomic E-state index is -0.382. The lowest BCUT2D eigenvalue weighted by Crippen LogP contribution is -2.24. The minimum Gasteiger partial charge on any atom is -0.493 e. The van der Waals surface area contributed by atoms with Crippen molar-refractivity contribution in [1.82, 2.24) is 10.3 Å². The van der Waals surface area contributed by atoms with Gasteiger partial charge in [0.2, 0.25) is 0 Å². The Morgan fingerprint density at radius 3 is 2.47 bits per heavy atom. The first-order valence-electron chi connectivity index (χ1n) is 9.82. The number of benzene rings is 2. The van der Waals surface area contributed by atoms with Gasteiger partial charge in [-0.25, -0.2) is 9.78 Å². The van der Waals surface area contributed by atoms with E-state index in [0.29, 0.717) is 24.7 Å². The molecule has 3 aromatic rings. The van der Waals surface area contributed by atoms with Crippen LogP contribution in [0.2, 0.25) is 0 Å². The molecule has 0 aliphatic heterocycles. The number of methoxy groups -OCH3 is 2. The van der Waals surface area contributed by atoms with E-state index in [9.17, 15) is 4.79 Å². The molecule has 1 amide bonds. The van der Waals surface area contributed by atoms with Crippen LogP contribution in [0.15, 0.2) is 47.8 Å². The van der Waals surface area contributed by atoms with Gasteiger partial charge in [0.1, 0.15) is 5.01 Å². The van der Waals surface area contributed by atoms with Crippen molar-refractivity contribution in [2.24, 2.45) is 0 Å². The summed E-state index contributed by atoms with van der Waals surface area (Å²) in [5.74, 6) is 1.37. The summed E-state index contributed by atoms with van der Waals surface area (Å²) in [4.78, 5) is 16.4. The Labute approximate surface area is 180 Å². The zero-order chi connectivity index (χ0) is 21.3. The average molecular weight is 427 g/mol. The van der Waals surface area contributed by atoms with Crippen molar-refractivity contribution in [3.63, 3.8) is 0 Å². The summed E-state index contributed by atoms with van der Waals surface area (Å²) in [7, 11) is 3.24. The number of alkyl carbamates (subject to hydrolysis) is 1. The van der Waals surface area contributed by atoms with Crippen LogP contribution in [0.3, 0.4) is 0 Å². The van der Waals surface area contributed by atoms with E-state index in [2.05, 4.69) is 12.2 Å². The zero-order valence-electron chi connectivity index (χ0n) is 17.4. The second-order valence-electron chi connectivity index (χ2n) is 6.65. The number of carbonyl (C=O) groups is 1. The molecule has 0 saturated carbocycles. The van der Waals surface area contributed by atoms with Crippen LogP contribution in [0.25, 0.3) is 21.8 Å². The molecular formula is C23H26N2O4S. The molecule has 30 heavy (non-hydrogen) atoms. The molecule has 0 atom stereocenters. The normalized spacial score (nSPS) is 10.5. The quantitative estimate of drug-likeness (QED) is 0.456. The van der Waals surface area contributed by atoms with E-state index >= 15 is 0 Å². The Hall–Kier alpha value is -3.06. The van der Waals surface area contributed by atoms with Crippen molar-refractivity contribution in [2.45, 2.75) is 26.3 Å². The van der Waals surface area contributed by atoms with E-state index in [1.54, 1.807) is 25.6 Å². The first kappa shape index (κ1) is 21.6. The van der Waals surface area contributed by atoms with E-state index < -0.39 is 0 Å². The SMILES string of the molecule is CCCCOC(=O)NCc1ccc(-c2nc(-c3ccc(OC)c(OC)c3)cs2)cc1. The maximum Gasteiger partial charge on any atom is 0.407 e. The second kappa shape index (κ2) is 10.6. The predicted molar refractivity (Wildman–Crippen MR) is 119 cm³/mol. The highest BCUT2D eigenvalue weighted by molar-refractivity contribution is 7.13. The highest BCUT2D eigenvalue weighted by atomic mass is 32.1. The van der Waals surface area contributed by atoms with Crippen molar-refractivity contribution >= 4 is 17.4 Å². The number of rotatable bonds is 9. The summed E-state index contributed by atoms with van der Waals surface area (Å²) in [6, 6.07) is 13.8. The molecule has 2 aromatic carbocycles. The van der Waals surface area contributed by atoms with E-state index in [1.807, 2.05) is 47.8 Å². The maximum absolute atomic E-state index is 11.6. The molecule has 6 nitrogen and oxygen atoms in total. The van der Waals surface area contributed by atoms with Crippen LogP contribution >= 0.6 is 11.3 Å². The highest BCUT2D eigenvalue weighted by Crippen LogP contribution is 2.34. The van der Waals surface area contributed by atoms with Gasteiger partial charge >= 0.3 is 6.09 Å². The largest absolute Gasteiger partial charge is 0.493 e. The molecule has 0 aliphatic rings. The Bertz CT molecular complexity index is 970. The summed E-state index contributed by atoms with van der Waals surface area (Å²) >= 11 is 1.58. The van der Waals surface area contributed by atoms with Crippen molar-refractivity contribution in [3.05, 3.63) is 53.4 Å². The van der Waals surface area contributed by atoms with Gasteiger partial charge in [-0.05, 0) is 30.2 Å². The molecule has 1 N–H and O–H groups in total. The van der Waals surface area contributed by atoms with Crippen molar-refractivity contribution < 1.29 is 19.0 Å². The van der Waals surface area contributed by atoms with E-state index in [-0.39, 0.29) is 6.09 Å². The van der Waals surface area contributed by atoms with Gasteiger partial charge in [0, 0.05) is 23.1 Å². The Morgan fingerprint density at radius 2 is 1.77 bits per heavy atom. The molecular weight excluding hydrogens is 400 g/mol. The van der Waals surface area contributed by atoms with Crippen LogP contribution in [0.1, 0.15) is 25.3 Å². The lowest BCUT2D eigenvalue weighted by Gasteiger charge is -2.08. The molecule has 1 heterocycles. The van der Waals surface area contributed by atoms with Gasteiger partial charge in [0.25, 0.3) is 0 Å². The maximum atomic E-state index is 11.6. The number of ether oxygens (including phenoxy) is 3. The lowest BCUT2D eigenvalue weighted by molar-refractivity contribution is 0.144. The number of nitrogens with zero attached hydrogens (tertiary/aromatic N) is 1. The fourth-order valence-corrected chi connectivity index (χ4v) is 3.67. The van der Waals surface area contributed by atoms with E-state index in [0.717, 1.165) is 40.2 Å². The molecule has 7 heteroatoms. The fourth-order valence-electron chi connectivity index (χ4n) is 2.83. The first-order chi connectivity index (χ1) is 14.6. The smallest absolute Gasteiger partial charge is 0.407 e. The Morgan fingerprint density at radius 1 is 1.03 bits per heavy atom. The number of thiazole rings is 1. The molecule has 0 fully saturated rings. The molecule has 1 aromatic heterocycles. The van der Waals surface area contributed by atoms with Crippen LogP contribution in [0.4, 0.5) is 4.79 Å². The van der Waals surface area contributed by atoms with Crippen LogP contribution < -0.4 is 14.8 Å². The number of hydrogen-bond donors (Lipinski definition) is 1. The van der Waals surface area contributed by atoms with Crippen LogP contribution in [-0.2, 0) is 11.3 Å². The van der Waals surface area contributed by atoms with Gasteiger partial charge in [-0.3, -0.25) is 0 Å². The first-order valence-corrected chi connectivity index (χ1v) is 10.7. The molecule has 0 radical (unpaired) electrons. The van der Waals surface area contributed by atoms with Gasteiger partial charge in [-0.1, -0.05) is 37.6 Å². The fraction of sp³-hybridized carbons (Fsp3) is 0.304. The number of carbonyl (C=O) groups excluding carboxylic acids is 1. The molecule has 3 rings (SSSR count). The van der Waals surface area contributed by atoms with Crippen LogP contribution in [-0.4, -0.2) is 31.9 Å². The molecule has 0 aliphatic carbocycles. The Kier molecular flexibility index (Phi) is 7.68. The summed E-state index contributed by atoms with van der Waals surface area (Å²) in [6.07, 6.45) is 1.49. The zero-order valence-corrected chi connectivity index (χ0v) is 18.3.